The first-order valence-electron chi connectivity index (χ1n) is 11.0. The largest absolute Gasteiger partial charge is 0.534 e. The molecule has 4 rings (SSSR count). The third-order valence-electron chi connectivity index (χ3n) is 5.74. The lowest BCUT2D eigenvalue weighted by atomic mass is 10.1. The third kappa shape index (κ3) is 5.29. The average Bonchev–Trinajstić information content (AvgIpc) is 3.20. The van der Waals surface area contributed by atoms with Gasteiger partial charge in [-0.2, -0.15) is 21.6 Å². The molecule has 4 aromatic rings. The van der Waals surface area contributed by atoms with Gasteiger partial charge in [-0.25, -0.2) is 8.42 Å². The number of hydrogen-bond donors (Lipinski definition) is 0. The van der Waals surface area contributed by atoms with Crippen LogP contribution in [0.4, 0.5) is 19.0 Å². The highest BCUT2D eigenvalue weighted by atomic mass is 32.2. The van der Waals surface area contributed by atoms with Gasteiger partial charge in [0.2, 0.25) is 10.0 Å². The molecule has 0 atom stereocenters. The van der Waals surface area contributed by atoms with Crippen LogP contribution in [0.25, 0.3) is 16.6 Å². The Labute approximate surface area is 218 Å². The van der Waals surface area contributed by atoms with E-state index in [1.54, 1.807) is 67.6 Å². The molecule has 0 radical (unpaired) electrons. The van der Waals surface area contributed by atoms with Crippen molar-refractivity contribution in [2.24, 2.45) is 0 Å². The van der Waals surface area contributed by atoms with E-state index >= 15 is 0 Å². The number of methoxy groups -OCH3 is 1. The minimum absolute atomic E-state index is 0.0556. The summed E-state index contributed by atoms with van der Waals surface area (Å²) >= 11 is 0. The van der Waals surface area contributed by atoms with Crippen LogP contribution < -0.4 is 13.2 Å². The van der Waals surface area contributed by atoms with Crippen LogP contribution in [0, 0.1) is 6.92 Å². The number of para-hydroxylation sites is 2. The molecule has 1 heterocycles. The van der Waals surface area contributed by atoms with Crippen molar-refractivity contribution >= 4 is 36.9 Å². The first-order valence-corrected chi connectivity index (χ1v) is 14.3. The van der Waals surface area contributed by atoms with E-state index in [1.807, 2.05) is 0 Å². The molecule has 13 heteroatoms. The number of benzene rings is 3. The summed E-state index contributed by atoms with van der Waals surface area (Å²) in [6.45, 7) is 1.43. The summed E-state index contributed by atoms with van der Waals surface area (Å²) in [5.41, 5.74) is -4.34. The van der Waals surface area contributed by atoms with Gasteiger partial charge in [0.15, 0.2) is 5.75 Å². The fraction of sp³-hybridized carbons (Fsp3) is 0.200. The first kappa shape index (κ1) is 27.3. The fourth-order valence-corrected chi connectivity index (χ4v) is 5.30. The number of nitrogens with zero attached hydrogens (tertiary/aromatic N) is 2. The van der Waals surface area contributed by atoms with E-state index in [-0.39, 0.29) is 18.1 Å². The van der Waals surface area contributed by atoms with Gasteiger partial charge in [0.05, 0.1) is 31.1 Å². The number of hydrogen-bond acceptors (Lipinski definition) is 6. The van der Waals surface area contributed by atoms with Gasteiger partial charge in [-0.15, -0.1) is 0 Å². The summed E-state index contributed by atoms with van der Waals surface area (Å²) in [4.78, 5) is 0. The van der Waals surface area contributed by atoms with Crippen molar-refractivity contribution in [3.8, 4) is 17.2 Å². The Kier molecular flexibility index (Phi) is 7.10. The van der Waals surface area contributed by atoms with Crippen molar-refractivity contribution in [1.29, 1.82) is 0 Å². The highest BCUT2D eigenvalue weighted by molar-refractivity contribution is 7.92. The molecule has 38 heavy (non-hydrogen) atoms. The highest BCUT2D eigenvalue weighted by Gasteiger charge is 2.49. The summed E-state index contributed by atoms with van der Waals surface area (Å²) < 4.78 is 102. The zero-order valence-corrected chi connectivity index (χ0v) is 22.1. The lowest BCUT2D eigenvalue weighted by Gasteiger charge is -2.26. The Balaban J connectivity index is 1.98. The van der Waals surface area contributed by atoms with Crippen LogP contribution in [0.2, 0.25) is 0 Å². The number of aromatic nitrogens is 1. The maximum atomic E-state index is 13.2. The number of rotatable bonds is 8. The van der Waals surface area contributed by atoms with Gasteiger partial charge in [-0.3, -0.25) is 8.87 Å². The molecule has 8 nitrogen and oxygen atoms in total. The van der Waals surface area contributed by atoms with Gasteiger partial charge >= 0.3 is 15.6 Å². The van der Waals surface area contributed by atoms with Crippen molar-refractivity contribution in [2.75, 3.05) is 17.7 Å². The molecule has 3 aromatic carbocycles. The second-order valence-electron chi connectivity index (χ2n) is 8.42. The molecule has 1 aromatic heterocycles. The summed E-state index contributed by atoms with van der Waals surface area (Å²) in [5.74, 6) is 0.0391. The highest BCUT2D eigenvalue weighted by Crippen LogP contribution is 2.39. The van der Waals surface area contributed by atoms with Crippen LogP contribution in [-0.4, -0.2) is 40.3 Å². The van der Waals surface area contributed by atoms with Crippen molar-refractivity contribution < 1.29 is 38.9 Å². The molecule has 0 fully saturated rings. The van der Waals surface area contributed by atoms with Gasteiger partial charge in [0, 0.05) is 5.39 Å². The Morgan fingerprint density at radius 2 is 1.58 bits per heavy atom. The van der Waals surface area contributed by atoms with Crippen LogP contribution in [0.15, 0.2) is 72.8 Å². The van der Waals surface area contributed by atoms with E-state index in [4.69, 9.17) is 4.74 Å². The van der Waals surface area contributed by atoms with Crippen LogP contribution in [0.5, 0.6) is 11.5 Å². The Morgan fingerprint density at radius 3 is 2.18 bits per heavy atom. The number of aryl methyl sites for hydroxylation is 1. The van der Waals surface area contributed by atoms with E-state index in [9.17, 15) is 30.0 Å². The standard InChI is InChI=1S/C25H23F3N2O6S2/c1-17-7-6-10-22(36-38(33,34)25(26,27)28)24(17)30-21-9-5-4-8-19(21)15-23(30)29(37(3,31)32)16-18-11-13-20(35-2)14-12-18/h4-15H,16H2,1-3H3. The number of fused-ring (bicyclic) bond motifs is 1. The van der Waals surface area contributed by atoms with Crippen molar-refractivity contribution in [3.63, 3.8) is 0 Å². The molecule has 0 aliphatic heterocycles. The lowest BCUT2D eigenvalue weighted by molar-refractivity contribution is -0.0500. The van der Waals surface area contributed by atoms with Crippen LogP contribution >= 0.6 is 0 Å². The SMILES string of the molecule is COc1ccc(CN(c2cc3ccccc3n2-c2c(C)cccc2OS(=O)(=O)C(F)(F)F)S(C)(=O)=O)cc1. The Morgan fingerprint density at radius 1 is 0.921 bits per heavy atom. The van der Waals surface area contributed by atoms with E-state index in [2.05, 4.69) is 4.18 Å². The van der Waals surface area contributed by atoms with Crippen molar-refractivity contribution in [1.82, 2.24) is 4.57 Å². The normalized spacial score (nSPS) is 12.5. The Bertz CT molecular complexity index is 1700. The predicted molar refractivity (Wildman–Crippen MR) is 138 cm³/mol. The molecule has 0 aliphatic carbocycles. The molecule has 0 saturated heterocycles. The number of halogens is 3. The lowest BCUT2D eigenvalue weighted by Crippen LogP contribution is -2.31. The molecule has 0 saturated carbocycles. The maximum absolute atomic E-state index is 13.2. The van der Waals surface area contributed by atoms with E-state index in [1.165, 1.54) is 17.7 Å². The molecule has 0 N–H and O–H groups in total. The fourth-order valence-electron chi connectivity index (χ4n) is 3.97. The minimum Gasteiger partial charge on any atom is -0.497 e. The van der Waals surface area contributed by atoms with Crippen LogP contribution in [0.1, 0.15) is 11.1 Å². The average molecular weight is 569 g/mol. The molecule has 0 aliphatic rings. The summed E-state index contributed by atoms with van der Waals surface area (Å²) in [7, 11) is -8.46. The molecule has 0 bridgehead atoms. The van der Waals surface area contributed by atoms with Gasteiger partial charge in [0.1, 0.15) is 11.6 Å². The molecule has 0 amide bonds. The predicted octanol–water partition coefficient (Wildman–Crippen LogP) is 5.14. The number of alkyl halides is 3. The smallest absolute Gasteiger partial charge is 0.497 e. The van der Waals surface area contributed by atoms with Gasteiger partial charge < -0.3 is 8.92 Å². The first-order chi connectivity index (χ1) is 17.7. The third-order valence-corrected chi connectivity index (χ3v) is 7.82. The monoisotopic (exact) mass is 568 g/mol. The van der Waals surface area contributed by atoms with Gasteiger partial charge in [-0.05, 0) is 48.4 Å². The molecule has 0 unspecified atom stereocenters. The minimum atomic E-state index is -6.01. The second kappa shape index (κ2) is 9.87. The molecular formula is C25H23F3N2O6S2. The van der Waals surface area contributed by atoms with E-state index < -0.39 is 31.4 Å². The molecular weight excluding hydrogens is 545 g/mol. The summed E-state index contributed by atoms with van der Waals surface area (Å²) in [6, 6.07) is 19.0. The van der Waals surface area contributed by atoms with E-state index in [0.717, 1.165) is 16.6 Å². The van der Waals surface area contributed by atoms with Crippen molar-refractivity contribution in [2.45, 2.75) is 19.0 Å². The van der Waals surface area contributed by atoms with E-state index in [0.29, 0.717) is 27.8 Å². The summed E-state index contributed by atoms with van der Waals surface area (Å²) in [5, 5.41) is 0.568. The van der Waals surface area contributed by atoms with Crippen LogP contribution in [-0.2, 0) is 26.7 Å². The topological polar surface area (TPSA) is 94.9 Å². The van der Waals surface area contributed by atoms with Gasteiger partial charge in [-0.1, -0.05) is 42.5 Å². The van der Waals surface area contributed by atoms with Crippen molar-refractivity contribution in [3.05, 3.63) is 83.9 Å². The number of anilines is 1. The second-order valence-corrected chi connectivity index (χ2v) is 11.9. The quantitative estimate of drug-likeness (QED) is 0.216. The molecule has 202 valence electrons. The Hall–Kier alpha value is -3.71. The number of sulfonamides is 1. The number of ether oxygens (including phenoxy) is 1. The summed E-state index contributed by atoms with van der Waals surface area (Å²) in [6.07, 6.45) is 1.00. The molecule has 0 spiro atoms. The van der Waals surface area contributed by atoms with Gasteiger partial charge in [0.25, 0.3) is 0 Å². The maximum Gasteiger partial charge on any atom is 0.534 e. The zero-order valence-electron chi connectivity index (χ0n) is 20.4. The van der Waals surface area contributed by atoms with Crippen LogP contribution in [0.3, 0.4) is 0 Å². The zero-order chi connectivity index (χ0) is 27.9.